The fourth-order valence-corrected chi connectivity index (χ4v) is 3.94. The topological polar surface area (TPSA) is 95.9 Å². The number of carbonyl (C=O) groups is 2. The summed E-state index contributed by atoms with van der Waals surface area (Å²) in [5, 5.41) is 4.06. The molecular weight excluding hydrogens is 398 g/mol. The largest absolute Gasteiger partial charge is 0.465 e. The number of hydrogen-bond donors (Lipinski definition) is 0. The van der Waals surface area contributed by atoms with Crippen LogP contribution in [0.5, 0.6) is 0 Å². The lowest BCUT2D eigenvalue weighted by Gasteiger charge is -2.33. The lowest BCUT2D eigenvalue weighted by Crippen LogP contribution is -2.47. The highest BCUT2D eigenvalue weighted by Gasteiger charge is 2.22. The van der Waals surface area contributed by atoms with Gasteiger partial charge in [0.05, 0.1) is 12.8 Å². The second kappa shape index (κ2) is 10.4. The summed E-state index contributed by atoms with van der Waals surface area (Å²) in [6.07, 6.45) is 9.10. The summed E-state index contributed by atoms with van der Waals surface area (Å²) in [5.74, 6) is 1.95. The predicted molar refractivity (Wildman–Crippen MR) is 113 cm³/mol. The van der Waals surface area contributed by atoms with Crippen LogP contribution in [-0.2, 0) is 22.6 Å². The van der Waals surface area contributed by atoms with Crippen LogP contribution in [0.4, 0.5) is 0 Å². The van der Waals surface area contributed by atoms with Crippen LogP contribution in [0.2, 0.25) is 0 Å². The van der Waals surface area contributed by atoms with E-state index in [0.29, 0.717) is 50.0 Å². The molecule has 0 bridgehead atoms. The van der Waals surface area contributed by atoms with Crippen LogP contribution in [0, 0.1) is 0 Å². The molecule has 0 radical (unpaired) electrons. The molecule has 9 heteroatoms. The third kappa shape index (κ3) is 6.04. The Morgan fingerprint density at radius 2 is 1.84 bits per heavy atom. The van der Waals surface area contributed by atoms with Gasteiger partial charge in [-0.15, -0.1) is 0 Å². The van der Waals surface area contributed by atoms with E-state index >= 15 is 0 Å². The van der Waals surface area contributed by atoms with Gasteiger partial charge in [0.25, 0.3) is 0 Å². The lowest BCUT2D eigenvalue weighted by atomic mass is 10.1. The minimum Gasteiger partial charge on any atom is -0.465 e. The Balaban J connectivity index is 1.18. The summed E-state index contributed by atoms with van der Waals surface area (Å²) in [6.45, 7) is 5.10. The quantitative estimate of drug-likeness (QED) is 0.623. The summed E-state index contributed by atoms with van der Waals surface area (Å²) in [4.78, 5) is 35.0. The van der Waals surface area contributed by atoms with E-state index in [1.165, 1.54) is 6.42 Å². The molecule has 2 saturated heterocycles. The maximum Gasteiger partial charge on any atom is 0.246 e. The van der Waals surface area contributed by atoms with Crippen molar-refractivity contribution in [2.24, 2.45) is 0 Å². The van der Waals surface area contributed by atoms with Gasteiger partial charge in [-0.3, -0.25) is 14.5 Å². The van der Waals surface area contributed by atoms with Gasteiger partial charge in [-0.2, -0.15) is 4.98 Å². The van der Waals surface area contributed by atoms with Crippen LogP contribution in [0.1, 0.15) is 43.2 Å². The number of furan rings is 1. The van der Waals surface area contributed by atoms with Crippen molar-refractivity contribution < 1.29 is 18.5 Å². The zero-order valence-corrected chi connectivity index (χ0v) is 17.7. The van der Waals surface area contributed by atoms with Gasteiger partial charge in [-0.05, 0) is 37.5 Å². The molecule has 2 aromatic rings. The predicted octanol–water partition coefficient (Wildman–Crippen LogP) is 1.97. The molecule has 0 saturated carbocycles. The molecule has 4 heterocycles. The molecule has 0 unspecified atom stereocenters. The van der Waals surface area contributed by atoms with E-state index in [1.54, 1.807) is 24.5 Å². The maximum absolute atomic E-state index is 12.3. The smallest absolute Gasteiger partial charge is 0.246 e. The van der Waals surface area contributed by atoms with E-state index in [0.717, 1.165) is 39.0 Å². The van der Waals surface area contributed by atoms with Crippen LogP contribution in [0.25, 0.3) is 6.08 Å². The van der Waals surface area contributed by atoms with Gasteiger partial charge in [0.2, 0.25) is 17.7 Å². The molecule has 4 rings (SSSR count). The van der Waals surface area contributed by atoms with Crippen LogP contribution < -0.4 is 0 Å². The molecule has 2 aromatic heterocycles. The average molecular weight is 428 g/mol. The van der Waals surface area contributed by atoms with E-state index in [-0.39, 0.29) is 11.8 Å². The van der Waals surface area contributed by atoms with Crippen molar-refractivity contribution in [2.75, 3.05) is 39.3 Å². The number of aryl methyl sites for hydroxylation is 1. The van der Waals surface area contributed by atoms with Crippen molar-refractivity contribution in [1.29, 1.82) is 0 Å². The number of hydrogen-bond acceptors (Lipinski definition) is 7. The molecule has 0 aliphatic carbocycles. The number of carbonyl (C=O) groups excluding carboxylic acids is 2. The molecule has 2 aliphatic heterocycles. The van der Waals surface area contributed by atoms with Crippen molar-refractivity contribution in [3.05, 3.63) is 41.9 Å². The minimum atomic E-state index is -0.0173. The second-order valence-corrected chi connectivity index (χ2v) is 8.00. The molecule has 2 aliphatic rings. The van der Waals surface area contributed by atoms with Crippen molar-refractivity contribution in [3.63, 3.8) is 0 Å². The van der Waals surface area contributed by atoms with E-state index in [4.69, 9.17) is 8.94 Å². The van der Waals surface area contributed by atoms with Crippen molar-refractivity contribution in [2.45, 2.75) is 38.6 Å². The van der Waals surface area contributed by atoms with Gasteiger partial charge >= 0.3 is 0 Å². The molecule has 2 amide bonds. The Hall–Kier alpha value is -2.94. The van der Waals surface area contributed by atoms with Crippen LogP contribution in [0.3, 0.4) is 0 Å². The second-order valence-electron chi connectivity index (χ2n) is 8.00. The van der Waals surface area contributed by atoms with Gasteiger partial charge in [0.15, 0.2) is 5.82 Å². The standard InChI is InChI=1S/C22H29N5O4/c28-21(8-6-18-5-4-16-30-18)27-14-12-25(13-15-27)17-19-23-20(31-24-19)7-9-22(29)26-10-2-1-3-11-26/h4-6,8,16H,1-3,7,9-15,17H2/b8-6+. The first kappa shape index (κ1) is 21.3. The van der Waals surface area contributed by atoms with Crippen LogP contribution in [-0.4, -0.2) is 75.9 Å². The van der Waals surface area contributed by atoms with Gasteiger partial charge < -0.3 is 18.7 Å². The summed E-state index contributed by atoms with van der Waals surface area (Å²) in [6, 6.07) is 3.60. The summed E-state index contributed by atoms with van der Waals surface area (Å²) in [7, 11) is 0. The van der Waals surface area contributed by atoms with Crippen LogP contribution >= 0.6 is 0 Å². The normalized spacial score (nSPS) is 18.1. The monoisotopic (exact) mass is 427 g/mol. The molecular formula is C22H29N5O4. The number of amides is 2. The number of aromatic nitrogens is 2. The SMILES string of the molecule is O=C(/C=C/c1ccco1)N1CCN(Cc2noc(CCC(=O)N3CCCCC3)n2)CC1. The Labute approximate surface area is 181 Å². The first-order chi connectivity index (χ1) is 15.2. The third-order valence-electron chi connectivity index (χ3n) is 5.75. The highest BCUT2D eigenvalue weighted by Crippen LogP contribution is 2.12. The fraction of sp³-hybridized carbons (Fsp3) is 0.545. The molecule has 0 aromatic carbocycles. The molecule has 31 heavy (non-hydrogen) atoms. The number of nitrogens with zero attached hydrogens (tertiary/aromatic N) is 5. The first-order valence-electron chi connectivity index (χ1n) is 11.0. The zero-order chi connectivity index (χ0) is 21.5. The van der Waals surface area contributed by atoms with Gasteiger partial charge in [-0.25, -0.2) is 0 Å². The lowest BCUT2D eigenvalue weighted by molar-refractivity contribution is -0.132. The van der Waals surface area contributed by atoms with Gasteiger partial charge in [-0.1, -0.05) is 5.16 Å². The van der Waals surface area contributed by atoms with Gasteiger partial charge in [0, 0.05) is 58.2 Å². The number of likely N-dealkylation sites (tertiary alicyclic amines) is 1. The fourth-order valence-electron chi connectivity index (χ4n) is 3.94. The van der Waals surface area contributed by atoms with E-state index < -0.39 is 0 Å². The van der Waals surface area contributed by atoms with E-state index in [9.17, 15) is 9.59 Å². The minimum absolute atomic E-state index is 0.0173. The van der Waals surface area contributed by atoms with Crippen molar-refractivity contribution >= 4 is 17.9 Å². The molecule has 9 nitrogen and oxygen atoms in total. The summed E-state index contributed by atoms with van der Waals surface area (Å²) < 4.78 is 10.5. The molecule has 0 spiro atoms. The van der Waals surface area contributed by atoms with Gasteiger partial charge in [0.1, 0.15) is 5.76 Å². The molecule has 2 fully saturated rings. The summed E-state index contributed by atoms with van der Waals surface area (Å²) >= 11 is 0. The number of piperidine rings is 1. The Morgan fingerprint density at radius 1 is 1.03 bits per heavy atom. The maximum atomic E-state index is 12.3. The Morgan fingerprint density at radius 3 is 2.58 bits per heavy atom. The highest BCUT2D eigenvalue weighted by molar-refractivity contribution is 5.91. The Bertz CT molecular complexity index is 878. The first-order valence-corrected chi connectivity index (χ1v) is 11.0. The van der Waals surface area contributed by atoms with Crippen LogP contribution in [0.15, 0.2) is 33.4 Å². The molecule has 166 valence electrons. The Kier molecular flexibility index (Phi) is 7.14. The molecule has 0 atom stereocenters. The van der Waals surface area contributed by atoms with Crippen molar-refractivity contribution in [1.82, 2.24) is 24.8 Å². The van der Waals surface area contributed by atoms with E-state index in [2.05, 4.69) is 15.0 Å². The average Bonchev–Trinajstić information content (AvgIpc) is 3.49. The number of rotatable bonds is 7. The van der Waals surface area contributed by atoms with E-state index in [1.807, 2.05) is 15.9 Å². The summed E-state index contributed by atoms with van der Waals surface area (Å²) in [5.41, 5.74) is 0. The third-order valence-corrected chi connectivity index (χ3v) is 5.75. The highest BCUT2D eigenvalue weighted by atomic mass is 16.5. The molecule has 0 N–H and O–H groups in total. The zero-order valence-electron chi connectivity index (χ0n) is 17.7. The van der Waals surface area contributed by atoms with Crippen molar-refractivity contribution in [3.8, 4) is 0 Å². The number of piperazine rings is 1.